The standard InChI is InChI=1S/C16H19N3O/c17-13-6-8-14(9-7-13)20-16-11-10-15(18-19-16)12-4-2-1-3-5-12/h1-5,10-11,13-14H,6-9,17H2. The van der Waals surface area contributed by atoms with Crippen molar-refractivity contribution >= 4 is 0 Å². The van der Waals surface area contributed by atoms with Crippen LogP contribution in [-0.2, 0) is 0 Å². The molecular formula is C16H19N3O. The molecule has 0 radical (unpaired) electrons. The van der Waals surface area contributed by atoms with E-state index >= 15 is 0 Å². The van der Waals surface area contributed by atoms with Crippen LogP contribution in [0.1, 0.15) is 25.7 Å². The summed E-state index contributed by atoms with van der Waals surface area (Å²) in [6, 6.07) is 14.2. The summed E-state index contributed by atoms with van der Waals surface area (Å²) in [4.78, 5) is 0. The van der Waals surface area contributed by atoms with Crippen LogP contribution in [0.3, 0.4) is 0 Å². The van der Waals surface area contributed by atoms with Crippen LogP contribution in [0.25, 0.3) is 11.3 Å². The number of rotatable bonds is 3. The van der Waals surface area contributed by atoms with Gasteiger partial charge in [0.15, 0.2) is 0 Å². The van der Waals surface area contributed by atoms with Crippen molar-refractivity contribution in [3.63, 3.8) is 0 Å². The van der Waals surface area contributed by atoms with Crippen LogP contribution in [0.15, 0.2) is 42.5 Å². The predicted octanol–water partition coefficient (Wildman–Crippen LogP) is 2.79. The Balaban J connectivity index is 1.65. The van der Waals surface area contributed by atoms with Gasteiger partial charge in [-0.05, 0) is 31.7 Å². The minimum atomic E-state index is 0.228. The quantitative estimate of drug-likeness (QED) is 0.930. The summed E-state index contributed by atoms with van der Waals surface area (Å²) < 4.78 is 5.87. The van der Waals surface area contributed by atoms with Gasteiger partial charge in [-0.3, -0.25) is 0 Å². The van der Waals surface area contributed by atoms with E-state index < -0.39 is 0 Å². The highest BCUT2D eigenvalue weighted by molar-refractivity contribution is 5.58. The van der Waals surface area contributed by atoms with E-state index in [-0.39, 0.29) is 6.10 Å². The van der Waals surface area contributed by atoms with E-state index in [0.29, 0.717) is 11.9 Å². The molecule has 0 aliphatic heterocycles. The van der Waals surface area contributed by atoms with Gasteiger partial charge in [0.05, 0.1) is 5.69 Å². The largest absolute Gasteiger partial charge is 0.473 e. The Hall–Kier alpha value is -1.94. The van der Waals surface area contributed by atoms with Crippen molar-refractivity contribution in [2.45, 2.75) is 37.8 Å². The first-order valence-corrected chi connectivity index (χ1v) is 7.12. The fourth-order valence-corrected chi connectivity index (χ4v) is 2.52. The van der Waals surface area contributed by atoms with Crippen molar-refractivity contribution in [1.29, 1.82) is 0 Å². The first kappa shape index (κ1) is 13.1. The molecule has 1 fully saturated rings. The Labute approximate surface area is 119 Å². The van der Waals surface area contributed by atoms with E-state index in [4.69, 9.17) is 10.5 Å². The molecule has 4 nitrogen and oxygen atoms in total. The average molecular weight is 269 g/mol. The maximum atomic E-state index is 5.89. The number of aromatic nitrogens is 2. The van der Waals surface area contributed by atoms with E-state index in [1.165, 1.54) is 0 Å². The molecule has 1 saturated carbocycles. The molecule has 1 aliphatic rings. The van der Waals surface area contributed by atoms with E-state index in [0.717, 1.165) is 36.9 Å². The van der Waals surface area contributed by atoms with E-state index in [2.05, 4.69) is 10.2 Å². The summed E-state index contributed by atoms with van der Waals surface area (Å²) in [5.74, 6) is 0.602. The molecule has 0 saturated heterocycles. The highest BCUT2D eigenvalue weighted by Crippen LogP contribution is 2.22. The van der Waals surface area contributed by atoms with Gasteiger partial charge in [0.25, 0.3) is 0 Å². The highest BCUT2D eigenvalue weighted by Gasteiger charge is 2.20. The zero-order valence-corrected chi connectivity index (χ0v) is 11.4. The third-order valence-corrected chi connectivity index (χ3v) is 3.72. The number of benzene rings is 1. The van der Waals surface area contributed by atoms with Crippen LogP contribution in [0.4, 0.5) is 0 Å². The Bertz CT molecular complexity index is 533. The van der Waals surface area contributed by atoms with Crippen LogP contribution in [0.2, 0.25) is 0 Å². The van der Waals surface area contributed by atoms with Gasteiger partial charge in [0.2, 0.25) is 5.88 Å². The molecule has 1 heterocycles. The number of hydrogen-bond donors (Lipinski definition) is 1. The smallest absolute Gasteiger partial charge is 0.233 e. The minimum Gasteiger partial charge on any atom is -0.473 e. The lowest BCUT2D eigenvalue weighted by molar-refractivity contribution is 0.140. The minimum absolute atomic E-state index is 0.228. The maximum absolute atomic E-state index is 5.89. The fraction of sp³-hybridized carbons (Fsp3) is 0.375. The van der Waals surface area contributed by atoms with Crippen molar-refractivity contribution < 1.29 is 4.74 Å². The van der Waals surface area contributed by atoms with Gasteiger partial charge in [-0.15, -0.1) is 10.2 Å². The molecule has 0 amide bonds. The molecular weight excluding hydrogens is 250 g/mol. The van der Waals surface area contributed by atoms with Crippen molar-refractivity contribution in [3.05, 3.63) is 42.5 Å². The first-order valence-electron chi connectivity index (χ1n) is 7.12. The van der Waals surface area contributed by atoms with Gasteiger partial charge in [0, 0.05) is 17.7 Å². The van der Waals surface area contributed by atoms with Crippen molar-refractivity contribution in [3.8, 4) is 17.1 Å². The van der Waals surface area contributed by atoms with Gasteiger partial charge < -0.3 is 10.5 Å². The molecule has 0 atom stereocenters. The number of hydrogen-bond acceptors (Lipinski definition) is 4. The normalized spacial score (nSPS) is 22.4. The van der Waals surface area contributed by atoms with Gasteiger partial charge in [0.1, 0.15) is 6.10 Å². The summed E-state index contributed by atoms with van der Waals surface area (Å²) in [6.45, 7) is 0. The Kier molecular flexibility index (Phi) is 3.92. The molecule has 0 unspecified atom stereocenters. The molecule has 4 heteroatoms. The third-order valence-electron chi connectivity index (χ3n) is 3.72. The third kappa shape index (κ3) is 3.14. The second-order valence-electron chi connectivity index (χ2n) is 5.28. The molecule has 104 valence electrons. The Morgan fingerprint density at radius 2 is 1.65 bits per heavy atom. The molecule has 1 aromatic heterocycles. The topological polar surface area (TPSA) is 61.0 Å². The van der Waals surface area contributed by atoms with E-state index in [9.17, 15) is 0 Å². The second-order valence-corrected chi connectivity index (χ2v) is 5.28. The van der Waals surface area contributed by atoms with E-state index in [1.54, 1.807) is 0 Å². The van der Waals surface area contributed by atoms with Crippen LogP contribution in [0.5, 0.6) is 5.88 Å². The average Bonchev–Trinajstić information content (AvgIpc) is 2.51. The summed E-state index contributed by atoms with van der Waals surface area (Å²) in [5.41, 5.74) is 7.82. The zero-order valence-electron chi connectivity index (χ0n) is 11.4. The Morgan fingerprint density at radius 3 is 2.30 bits per heavy atom. The highest BCUT2D eigenvalue weighted by atomic mass is 16.5. The second kappa shape index (κ2) is 6.01. The number of ether oxygens (including phenoxy) is 1. The first-order chi connectivity index (χ1) is 9.81. The molecule has 0 spiro atoms. The molecule has 1 aliphatic carbocycles. The van der Waals surface area contributed by atoms with Crippen LogP contribution in [-0.4, -0.2) is 22.3 Å². The van der Waals surface area contributed by atoms with Crippen LogP contribution in [0, 0.1) is 0 Å². The summed E-state index contributed by atoms with van der Waals surface area (Å²) >= 11 is 0. The van der Waals surface area contributed by atoms with Crippen molar-refractivity contribution in [2.24, 2.45) is 5.73 Å². The van der Waals surface area contributed by atoms with Gasteiger partial charge >= 0.3 is 0 Å². The summed E-state index contributed by atoms with van der Waals surface area (Å²) in [6.07, 6.45) is 4.29. The number of nitrogens with two attached hydrogens (primary N) is 1. The number of nitrogens with zero attached hydrogens (tertiary/aromatic N) is 2. The molecule has 0 bridgehead atoms. The van der Waals surface area contributed by atoms with Crippen LogP contribution < -0.4 is 10.5 Å². The lowest BCUT2D eigenvalue weighted by atomic mass is 9.94. The van der Waals surface area contributed by atoms with Gasteiger partial charge in [-0.2, -0.15) is 0 Å². The van der Waals surface area contributed by atoms with Gasteiger partial charge in [-0.1, -0.05) is 30.3 Å². The maximum Gasteiger partial charge on any atom is 0.233 e. The fourth-order valence-electron chi connectivity index (χ4n) is 2.52. The molecule has 1 aromatic carbocycles. The van der Waals surface area contributed by atoms with Crippen molar-refractivity contribution in [1.82, 2.24) is 10.2 Å². The zero-order chi connectivity index (χ0) is 13.8. The SMILES string of the molecule is NC1CCC(Oc2ccc(-c3ccccc3)nn2)CC1. The molecule has 20 heavy (non-hydrogen) atoms. The Morgan fingerprint density at radius 1 is 0.900 bits per heavy atom. The lowest BCUT2D eigenvalue weighted by Gasteiger charge is -2.26. The summed E-state index contributed by atoms with van der Waals surface area (Å²) in [7, 11) is 0. The van der Waals surface area contributed by atoms with Crippen LogP contribution >= 0.6 is 0 Å². The molecule has 2 aromatic rings. The van der Waals surface area contributed by atoms with E-state index in [1.807, 2.05) is 42.5 Å². The summed E-state index contributed by atoms with van der Waals surface area (Å²) in [5, 5.41) is 8.39. The predicted molar refractivity (Wildman–Crippen MR) is 78.3 cm³/mol. The molecule has 2 N–H and O–H groups in total. The lowest BCUT2D eigenvalue weighted by Crippen LogP contribution is -2.31. The molecule has 3 rings (SSSR count). The van der Waals surface area contributed by atoms with Crippen molar-refractivity contribution in [2.75, 3.05) is 0 Å². The monoisotopic (exact) mass is 269 g/mol. The van der Waals surface area contributed by atoms with Gasteiger partial charge in [-0.25, -0.2) is 0 Å².